The van der Waals surface area contributed by atoms with E-state index in [4.69, 9.17) is 9.47 Å². The summed E-state index contributed by atoms with van der Waals surface area (Å²) in [4.78, 5) is 5.15. The first-order valence-corrected chi connectivity index (χ1v) is 9.73. The summed E-state index contributed by atoms with van der Waals surface area (Å²) in [6, 6.07) is 8.29. The first-order valence-electron chi connectivity index (χ1n) is 9.73. The first kappa shape index (κ1) is 17.0. The molecule has 5 nitrogen and oxygen atoms in total. The number of fused-ring (bicyclic) bond motifs is 1. The van der Waals surface area contributed by atoms with Gasteiger partial charge in [0.05, 0.1) is 14.2 Å². The summed E-state index contributed by atoms with van der Waals surface area (Å²) < 4.78 is 10.8. The smallest absolute Gasteiger partial charge is 0.124 e. The van der Waals surface area contributed by atoms with Crippen molar-refractivity contribution in [2.24, 2.45) is 0 Å². The topological polar surface area (TPSA) is 37.0 Å². The average Bonchev–Trinajstić information content (AvgIpc) is 3.30. The Morgan fingerprint density at radius 2 is 1.68 bits per heavy atom. The van der Waals surface area contributed by atoms with Crippen molar-refractivity contribution in [3.05, 3.63) is 18.2 Å². The predicted molar refractivity (Wildman–Crippen MR) is 101 cm³/mol. The van der Waals surface area contributed by atoms with E-state index in [0.717, 1.165) is 30.6 Å². The van der Waals surface area contributed by atoms with E-state index in [2.05, 4.69) is 27.2 Å². The van der Waals surface area contributed by atoms with Crippen molar-refractivity contribution in [1.82, 2.24) is 10.2 Å². The number of ether oxygens (including phenoxy) is 2. The molecule has 0 unspecified atom stereocenters. The lowest BCUT2D eigenvalue weighted by molar-refractivity contribution is 0.162. The molecule has 0 radical (unpaired) electrons. The highest BCUT2D eigenvalue weighted by Crippen LogP contribution is 2.31. The van der Waals surface area contributed by atoms with E-state index >= 15 is 0 Å². The summed E-state index contributed by atoms with van der Waals surface area (Å²) in [7, 11) is 3.42. The van der Waals surface area contributed by atoms with E-state index in [0.29, 0.717) is 12.1 Å². The Morgan fingerprint density at radius 3 is 2.44 bits per heavy atom. The normalized spacial score (nSPS) is 29.7. The minimum Gasteiger partial charge on any atom is -0.497 e. The molecular formula is C20H31N3O2. The molecule has 0 spiro atoms. The number of benzene rings is 1. The van der Waals surface area contributed by atoms with Crippen molar-refractivity contribution in [2.75, 3.05) is 45.3 Å². The number of anilines is 1. The molecule has 1 aromatic rings. The average molecular weight is 345 g/mol. The van der Waals surface area contributed by atoms with Gasteiger partial charge in [-0.05, 0) is 45.2 Å². The third-order valence-electron chi connectivity index (χ3n) is 6.18. The third kappa shape index (κ3) is 3.72. The molecule has 3 aliphatic heterocycles. The van der Waals surface area contributed by atoms with Crippen LogP contribution in [0.3, 0.4) is 0 Å². The minimum atomic E-state index is 0.593. The van der Waals surface area contributed by atoms with Crippen molar-refractivity contribution >= 4 is 5.69 Å². The molecular weight excluding hydrogens is 314 g/mol. The molecule has 0 aliphatic carbocycles. The molecule has 1 N–H and O–H groups in total. The lowest BCUT2D eigenvalue weighted by Gasteiger charge is -2.36. The Kier molecular flexibility index (Phi) is 5.04. The number of methoxy groups -OCH3 is 2. The van der Waals surface area contributed by atoms with Crippen LogP contribution in [0.15, 0.2) is 18.2 Å². The SMILES string of the molecule is COc1cc(OC)cc(N2CC[C@H](N[C@H]3CCN4CCC[C@H]4C3)C2)c1. The molecule has 0 amide bonds. The Bertz CT molecular complexity index is 572. The zero-order chi connectivity index (χ0) is 17.2. The fraction of sp³-hybridized carbons (Fsp3) is 0.700. The van der Waals surface area contributed by atoms with Gasteiger partial charge >= 0.3 is 0 Å². The van der Waals surface area contributed by atoms with Gasteiger partial charge in [0.15, 0.2) is 0 Å². The highest BCUT2D eigenvalue weighted by Gasteiger charge is 2.33. The molecule has 0 saturated carbocycles. The molecule has 3 heterocycles. The highest BCUT2D eigenvalue weighted by molar-refractivity contribution is 5.56. The van der Waals surface area contributed by atoms with Gasteiger partial charge in [-0.25, -0.2) is 0 Å². The van der Waals surface area contributed by atoms with E-state index in [1.807, 2.05) is 6.07 Å². The second-order valence-electron chi connectivity index (χ2n) is 7.72. The van der Waals surface area contributed by atoms with Gasteiger partial charge < -0.3 is 24.6 Å². The maximum atomic E-state index is 5.42. The number of hydrogen-bond acceptors (Lipinski definition) is 5. The standard InChI is InChI=1S/C20H31N3O2/c1-24-19-11-18(12-20(13-19)25-2)23-9-6-16(14-23)21-15-5-8-22-7-3-4-17(22)10-15/h11-13,15-17,21H,3-10,14H2,1-2H3/t15-,16-,17-/m0/s1. The highest BCUT2D eigenvalue weighted by atomic mass is 16.5. The lowest BCUT2D eigenvalue weighted by Crippen LogP contribution is -2.49. The molecule has 25 heavy (non-hydrogen) atoms. The van der Waals surface area contributed by atoms with E-state index in [-0.39, 0.29) is 0 Å². The monoisotopic (exact) mass is 345 g/mol. The zero-order valence-corrected chi connectivity index (χ0v) is 15.5. The van der Waals surface area contributed by atoms with Crippen LogP contribution >= 0.6 is 0 Å². The van der Waals surface area contributed by atoms with Crippen LogP contribution in [0, 0.1) is 0 Å². The Morgan fingerprint density at radius 1 is 0.920 bits per heavy atom. The van der Waals surface area contributed by atoms with Crippen molar-refractivity contribution in [3.63, 3.8) is 0 Å². The Labute approximate surface area is 151 Å². The van der Waals surface area contributed by atoms with Crippen molar-refractivity contribution in [3.8, 4) is 11.5 Å². The molecule has 3 saturated heterocycles. The van der Waals surface area contributed by atoms with Gasteiger partial charge in [-0.3, -0.25) is 0 Å². The molecule has 138 valence electrons. The molecule has 0 aromatic heterocycles. The third-order valence-corrected chi connectivity index (χ3v) is 6.18. The Balaban J connectivity index is 1.35. The number of hydrogen-bond donors (Lipinski definition) is 1. The predicted octanol–water partition coefficient (Wildman–Crippen LogP) is 2.50. The lowest BCUT2D eigenvalue weighted by atomic mass is 9.97. The summed E-state index contributed by atoms with van der Waals surface area (Å²) in [5, 5.41) is 3.96. The van der Waals surface area contributed by atoms with Gasteiger partial charge in [-0.1, -0.05) is 0 Å². The van der Waals surface area contributed by atoms with E-state index in [1.54, 1.807) is 14.2 Å². The van der Waals surface area contributed by atoms with Crippen LogP contribution in [-0.2, 0) is 0 Å². The molecule has 3 aliphatic rings. The summed E-state index contributed by atoms with van der Waals surface area (Å²) >= 11 is 0. The van der Waals surface area contributed by atoms with Crippen LogP contribution in [0.2, 0.25) is 0 Å². The van der Waals surface area contributed by atoms with Crippen LogP contribution in [0.1, 0.15) is 32.1 Å². The molecule has 4 rings (SSSR count). The number of rotatable bonds is 5. The van der Waals surface area contributed by atoms with E-state index in [9.17, 15) is 0 Å². The van der Waals surface area contributed by atoms with Crippen LogP contribution in [0.5, 0.6) is 11.5 Å². The zero-order valence-electron chi connectivity index (χ0n) is 15.5. The minimum absolute atomic E-state index is 0.593. The van der Waals surface area contributed by atoms with Gasteiger partial charge in [0, 0.05) is 55.1 Å². The van der Waals surface area contributed by atoms with Gasteiger partial charge in [0.25, 0.3) is 0 Å². The van der Waals surface area contributed by atoms with Crippen LogP contribution in [-0.4, -0.2) is 63.4 Å². The molecule has 5 heteroatoms. The van der Waals surface area contributed by atoms with Crippen LogP contribution < -0.4 is 19.7 Å². The van der Waals surface area contributed by atoms with E-state index < -0.39 is 0 Å². The molecule has 1 aromatic carbocycles. The molecule has 3 atom stereocenters. The Hall–Kier alpha value is -1.46. The number of piperidine rings is 1. The summed E-state index contributed by atoms with van der Waals surface area (Å²) in [5.74, 6) is 1.72. The summed E-state index contributed by atoms with van der Waals surface area (Å²) in [6.07, 6.45) is 6.65. The fourth-order valence-corrected chi connectivity index (χ4v) is 4.81. The number of nitrogens with one attached hydrogen (secondary N) is 1. The van der Waals surface area contributed by atoms with Gasteiger partial charge in [0.1, 0.15) is 11.5 Å². The van der Waals surface area contributed by atoms with Gasteiger partial charge in [-0.2, -0.15) is 0 Å². The maximum absolute atomic E-state index is 5.42. The first-order chi connectivity index (χ1) is 12.2. The molecule has 0 bridgehead atoms. The fourth-order valence-electron chi connectivity index (χ4n) is 4.81. The van der Waals surface area contributed by atoms with Crippen molar-refractivity contribution in [2.45, 2.75) is 50.2 Å². The van der Waals surface area contributed by atoms with Gasteiger partial charge in [-0.15, -0.1) is 0 Å². The van der Waals surface area contributed by atoms with Crippen molar-refractivity contribution < 1.29 is 9.47 Å². The van der Waals surface area contributed by atoms with Crippen LogP contribution in [0.4, 0.5) is 5.69 Å². The second kappa shape index (κ2) is 7.42. The summed E-state index contributed by atoms with van der Waals surface area (Å²) in [5.41, 5.74) is 1.20. The van der Waals surface area contributed by atoms with Gasteiger partial charge in [0.2, 0.25) is 0 Å². The van der Waals surface area contributed by atoms with Crippen molar-refractivity contribution in [1.29, 1.82) is 0 Å². The summed E-state index contributed by atoms with van der Waals surface area (Å²) in [6.45, 7) is 4.77. The second-order valence-corrected chi connectivity index (χ2v) is 7.72. The largest absolute Gasteiger partial charge is 0.497 e. The maximum Gasteiger partial charge on any atom is 0.124 e. The van der Waals surface area contributed by atoms with Crippen LogP contribution in [0.25, 0.3) is 0 Å². The van der Waals surface area contributed by atoms with E-state index in [1.165, 1.54) is 50.9 Å². The quantitative estimate of drug-likeness (QED) is 0.887. The number of nitrogens with zero attached hydrogens (tertiary/aromatic N) is 2. The molecule has 3 fully saturated rings.